The van der Waals surface area contributed by atoms with Crippen molar-refractivity contribution >= 4 is 58.8 Å². The number of piperazine rings is 1. The maximum atomic E-state index is 15.4. The Morgan fingerprint density at radius 2 is 1.97 bits per heavy atom. The van der Waals surface area contributed by atoms with E-state index in [0.717, 1.165) is 6.07 Å². The number of carboxylic acid groups (broad SMARTS) is 1. The van der Waals surface area contributed by atoms with Gasteiger partial charge in [-0.2, -0.15) is 12.6 Å². The first-order valence-electron chi connectivity index (χ1n) is 10.9. The van der Waals surface area contributed by atoms with Crippen molar-refractivity contribution in [1.29, 1.82) is 0 Å². The van der Waals surface area contributed by atoms with E-state index in [0.29, 0.717) is 23.6 Å². The van der Waals surface area contributed by atoms with E-state index in [-0.39, 0.29) is 58.4 Å². The Labute approximate surface area is 209 Å². The van der Waals surface area contributed by atoms with Gasteiger partial charge in [0, 0.05) is 38.9 Å². The highest BCUT2D eigenvalue weighted by Crippen LogP contribution is 2.50. The summed E-state index contributed by atoms with van der Waals surface area (Å²) < 4.78 is 22.7. The fourth-order valence-corrected chi connectivity index (χ4v) is 5.97. The SMILES string of the molecule is COc1c(N2CCN(C(=O)[C@H](CS)NC(C)=O)CC2)c(F)cc2c(=O)c(C(=O)O)c3n(c12)C(C)S3. The van der Waals surface area contributed by atoms with Crippen LogP contribution in [0.3, 0.4) is 0 Å². The molecule has 2 amide bonds. The maximum absolute atomic E-state index is 15.4. The number of aromatic nitrogens is 1. The van der Waals surface area contributed by atoms with Gasteiger partial charge in [-0.15, -0.1) is 0 Å². The average Bonchev–Trinajstić information content (AvgIpc) is 2.81. The van der Waals surface area contributed by atoms with Crippen LogP contribution in [0.15, 0.2) is 15.9 Å². The predicted molar refractivity (Wildman–Crippen MR) is 132 cm³/mol. The van der Waals surface area contributed by atoms with E-state index >= 15 is 4.39 Å². The average molecular weight is 525 g/mol. The molecule has 1 aromatic carbocycles. The van der Waals surface area contributed by atoms with Crippen LogP contribution >= 0.6 is 24.4 Å². The molecule has 0 aliphatic carbocycles. The molecule has 35 heavy (non-hydrogen) atoms. The van der Waals surface area contributed by atoms with Crippen molar-refractivity contribution in [3.05, 3.63) is 27.7 Å². The number of nitrogens with zero attached hydrogens (tertiary/aromatic N) is 3. The number of hydrogen-bond acceptors (Lipinski definition) is 8. The number of halogens is 1. The van der Waals surface area contributed by atoms with Gasteiger partial charge in [-0.3, -0.25) is 14.4 Å². The summed E-state index contributed by atoms with van der Waals surface area (Å²) in [6.07, 6.45) is 0. The van der Waals surface area contributed by atoms with Crippen molar-refractivity contribution in [3.63, 3.8) is 0 Å². The van der Waals surface area contributed by atoms with Gasteiger partial charge in [0.2, 0.25) is 17.2 Å². The summed E-state index contributed by atoms with van der Waals surface area (Å²) in [6.45, 7) is 4.33. The van der Waals surface area contributed by atoms with Gasteiger partial charge < -0.3 is 29.5 Å². The van der Waals surface area contributed by atoms with E-state index in [1.165, 1.54) is 25.8 Å². The lowest BCUT2D eigenvalue weighted by atomic mass is 10.1. The first kappa shape index (κ1) is 25.2. The molecule has 3 heterocycles. The quantitative estimate of drug-likeness (QED) is 0.487. The molecule has 2 aliphatic heterocycles. The van der Waals surface area contributed by atoms with Crippen LogP contribution in [0.5, 0.6) is 5.75 Å². The number of pyridine rings is 1. The molecule has 0 spiro atoms. The minimum absolute atomic E-state index is 0.0582. The van der Waals surface area contributed by atoms with Crippen LogP contribution in [-0.4, -0.2) is 77.4 Å². The van der Waals surface area contributed by atoms with E-state index < -0.39 is 23.3 Å². The molecule has 1 unspecified atom stereocenters. The van der Waals surface area contributed by atoms with Crippen molar-refractivity contribution in [2.24, 2.45) is 0 Å². The van der Waals surface area contributed by atoms with Crippen molar-refractivity contribution in [2.45, 2.75) is 30.3 Å². The van der Waals surface area contributed by atoms with E-state index in [1.54, 1.807) is 14.4 Å². The highest BCUT2D eigenvalue weighted by molar-refractivity contribution is 8.00. The van der Waals surface area contributed by atoms with Gasteiger partial charge in [-0.25, -0.2) is 9.18 Å². The number of carbonyl (C=O) groups is 3. The second-order valence-electron chi connectivity index (χ2n) is 8.29. The van der Waals surface area contributed by atoms with Crippen LogP contribution in [0.2, 0.25) is 0 Å². The highest BCUT2D eigenvalue weighted by atomic mass is 32.2. The number of methoxy groups -OCH3 is 1. The van der Waals surface area contributed by atoms with Gasteiger partial charge in [0.1, 0.15) is 17.3 Å². The van der Waals surface area contributed by atoms with Gasteiger partial charge in [-0.1, -0.05) is 11.8 Å². The number of hydrogen-bond donors (Lipinski definition) is 3. The summed E-state index contributed by atoms with van der Waals surface area (Å²) in [7, 11) is 1.38. The Kier molecular flexibility index (Phi) is 6.91. The third kappa shape index (κ3) is 4.20. The number of nitrogens with one attached hydrogen (secondary N) is 1. The minimum Gasteiger partial charge on any atom is -0.492 e. The van der Waals surface area contributed by atoms with E-state index in [1.807, 2.05) is 6.92 Å². The number of carboxylic acids is 1. The number of carbonyl (C=O) groups excluding carboxylic acids is 2. The molecule has 2 atom stereocenters. The number of ether oxygens (including phenoxy) is 1. The zero-order valence-corrected chi connectivity index (χ0v) is 21.0. The van der Waals surface area contributed by atoms with Crippen molar-refractivity contribution in [2.75, 3.05) is 43.9 Å². The number of benzene rings is 1. The second-order valence-corrected chi connectivity index (χ2v) is 9.96. The summed E-state index contributed by atoms with van der Waals surface area (Å²) in [4.78, 5) is 52.2. The third-order valence-electron chi connectivity index (χ3n) is 6.16. The molecule has 2 aromatic rings. The molecule has 4 rings (SSSR count). The monoisotopic (exact) mass is 524 g/mol. The van der Waals surface area contributed by atoms with Crippen molar-refractivity contribution in [3.8, 4) is 5.75 Å². The number of amides is 2. The summed E-state index contributed by atoms with van der Waals surface area (Å²) in [6, 6.07) is 0.318. The van der Waals surface area contributed by atoms with Crippen LogP contribution in [0, 0.1) is 5.82 Å². The Bertz CT molecular complexity index is 1290. The Morgan fingerprint density at radius 3 is 2.49 bits per heavy atom. The van der Waals surface area contributed by atoms with Gasteiger partial charge >= 0.3 is 5.97 Å². The third-order valence-corrected chi connectivity index (χ3v) is 7.70. The van der Waals surface area contributed by atoms with Crippen LogP contribution in [0.4, 0.5) is 10.1 Å². The van der Waals surface area contributed by atoms with E-state index in [9.17, 15) is 24.3 Å². The predicted octanol–water partition coefficient (Wildman–Crippen LogP) is 1.55. The van der Waals surface area contributed by atoms with Gasteiger partial charge in [0.05, 0.1) is 28.4 Å². The molecule has 1 fully saturated rings. The normalized spacial score (nSPS) is 18.0. The van der Waals surface area contributed by atoms with Gasteiger partial charge in [0.25, 0.3) is 0 Å². The molecule has 13 heteroatoms. The summed E-state index contributed by atoms with van der Waals surface area (Å²) in [5, 5.41) is 12.2. The summed E-state index contributed by atoms with van der Waals surface area (Å²) in [5.74, 6) is -2.36. The maximum Gasteiger partial charge on any atom is 0.342 e. The highest BCUT2D eigenvalue weighted by Gasteiger charge is 2.36. The van der Waals surface area contributed by atoms with Crippen molar-refractivity contribution < 1.29 is 28.6 Å². The first-order chi connectivity index (χ1) is 16.6. The zero-order chi connectivity index (χ0) is 25.6. The second kappa shape index (κ2) is 9.61. The number of rotatable bonds is 6. The topological polar surface area (TPSA) is 121 Å². The standard InChI is InChI=1S/C22H25FN4O6S2/c1-10(28)24-14(9-34)20(30)26-6-4-25(5-7-26)17-13(23)8-12-16(19(17)33-3)27-11(2)35-21(27)15(18(12)29)22(31)32/h8,11,14,34H,4-7,9H2,1-3H3,(H,24,28)(H,31,32)/t11?,14-/m0/s1. The summed E-state index contributed by atoms with van der Waals surface area (Å²) in [5.41, 5.74) is -0.631. The molecule has 0 bridgehead atoms. The zero-order valence-electron chi connectivity index (χ0n) is 19.3. The van der Waals surface area contributed by atoms with Crippen LogP contribution in [-0.2, 0) is 9.59 Å². The fraction of sp³-hybridized carbons (Fsp3) is 0.455. The molecule has 10 nitrogen and oxygen atoms in total. The fourth-order valence-electron chi connectivity index (χ4n) is 4.58. The Hall–Kier alpha value is -2.93. The molecule has 188 valence electrons. The van der Waals surface area contributed by atoms with Crippen molar-refractivity contribution in [1.82, 2.24) is 14.8 Å². The molecular formula is C22H25FN4O6S2. The first-order valence-corrected chi connectivity index (χ1v) is 12.4. The molecule has 0 radical (unpaired) electrons. The number of thioether (sulfide) groups is 1. The van der Waals surface area contributed by atoms with E-state index in [2.05, 4.69) is 17.9 Å². The molecule has 1 saturated heterocycles. The molecule has 0 saturated carbocycles. The lowest BCUT2D eigenvalue weighted by Gasteiger charge is -2.39. The van der Waals surface area contributed by atoms with Crippen LogP contribution in [0.1, 0.15) is 29.6 Å². The lowest BCUT2D eigenvalue weighted by molar-refractivity contribution is -0.135. The number of thiol groups is 1. The number of anilines is 1. The number of aromatic carboxylic acids is 1. The largest absolute Gasteiger partial charge is 0.492 e. The van der Waals surface area contributed by atoms with Crippen LogP contribution in [0.25, 0.3) is 10.9 Å². The number of fused-ring (bicyclic) bond motifs is 3. The Balaban J connectivity index is 1.71. The Morgan fingerprint density at radius 1 is 1.31 bits per heavy atom. The van der Waals surface area contributed by atoms with Crippen LogP contribution < -0.4 is 20.4 Å². The lowest BCUT2D eigenvalue weighted by Crippen LogP contribution is -2.55. The van der Waals surface area contributed by atoms with Gasteiger partial charge in [-0.05, 0) is 13.0 Å². The molecule has 2 N–H and O–H groups in total. The summed E-state index contributed by atoms with van der Waals surface area (Å²) >= 11 is 5.41. The molecule has 2 aliphatic rings. The molecular weight excluding hydrogens is 499 g/mol. The minimum atomic E-state index is -1.36. The molecule has 1 aromatic heterocycles. The smallest absolute Gasteiger partial charge is 0.342 e. The van der Waals surface area contributed by atoms with Gasteiger partial charge in [0.15, 0.2) is 11.6 Å². The van der Waals surface area contributed by atoms with E-state index in [4.69, 9.17) is 4.74 Å².